The van der Waals surface area contributed by atoms with Gasteiger partial charge in [-0.25, -0.2) is 0 Å². The Hall–Kier alpha value is -0.300. The summed E-state index contributed by atoms with van der Waals surface area (Å²) >= 11 is 0. The summed E-state index contributed by atoms with van der Waals surface area (Å²) < 4.78 is 0. The van der Waals surface area contributed by atoms with E-state index < -0.39 is 0 Å². The van der Waals surface area contributed by atoms with E-state index in [1.807, 2.05) is 0 Å². The minimum absolute atomic E-state index is 0.633. The molecule has 1 N–H and O–H groups in total. The lowest BCUT2D eigenvalue weighted by Gasteiger charge is -2.20. The van der Waals surface area contributed by atoms with E-state index in [0.717, 1.165) is 18.9 Å². The Bertz CT molecular complexity index is 178. The van der Waals surface area contributed by atoms with Crippen molar-refractivity contribution in [2.45, 2.75) is 40.0 Å². The van der Waals surface area contributed by atoms with Crippen molar-refractivity contribution in [2.75, 3.05) is 13.1 Å². The summed E-state index contributed by atoms with van der Waals surface area (Å²) in [6.07, 6.45) is 3.92. The highest BCUT2D eigenvalue weighted by atomic mass is 14.9. The normalized spacial score (nSPS) is 19.1. The Morgan fingerprint density at radius 1 is 1.46 bits per heavy atom. The van der Waals surface area contributed by atoms with Gasteiger partial charge in [-0.15, -0.1) is 0 Å². The fourth-order valence-electron chi connectivity index (χ4n) is 1.73. The molecule has 1 rings (SSSR count). The third-order valence-corrected chi connectivity index (χ3v) is 3.47. The van der Waals surface area contributed by atoms with E-state index in [1.165, 1.54) is 25.0 Å². The Morgan fingerprint density at radius 2 is 2.08 bits per heavy atom. The van der Waals surface area contributed by atoms with Crippen LogP contribution < -0.4 is 5.32 Å². The van der Waals surface area contributed by atoms with Crippen LogP contribution in [0.25, 0.3) is 0 Å². The van der Waals surface area contributed by atoms with Gasteiger partial charge in [0.05, 0.1) is 0 Å². The van der Waals surface area contributed by atoms with Gasteiger partial charge in [0.25, 0.3) is 0 Å². The van der Waals surface area contributed by atoms with Crippen LogP contribution >= 0.6 is 0 Å². The molecule has 0 unspecified atom stereocenters. The van der Waals surface area contributed by atoms with Gasteiger partial charge < -0.3 is 5.32 Å². The van der Waals surface area contributed by atoms with Gasteiger partial charge in [0.1, 0.15) is 0 Å². The van der Waals surface area contributed by atoms with Gasteiger partial charge in [-0.3, -0.25) is 0 Å². The summed E-state index contributed by atoms with van der Waals surface area (Å²) in [4.78, 5) is 0. The Morgan fingerprint density at radius 3 is 2.46 bits per heavy atom. The molecular formula is C12H23N. The van der Waals surface area contributed by atoms with Crippen molar-refractivity contribution in [1.29, 1.82) is 0 Å². The number of nitrogens with one attached hydrogen (secondary N) is 1. The maximum atomic E-state index is 4.00. The molecule has 0 atom stereocenters. The van der Waals surface area contributed by atoms with Crippen LogP contribution in [-0.2, 0) is 0 Å². The van der Waals surface area contributed by atoms with Gasteiger partial charge in [0, 0.05) is 13.1 Å². The lowest BCUT2D eigenvalue weighted by Crippen LogP contribution is -2.28. The van der Waals surface area contributed by atoms with E-state index in [-0.39, 0.29) is 0 Å². The molecule has 1 saturated carbocycles. The van der Waals surface area contributed by atoms with Gasteiger partial charge in [0.2, 0.25) is 0 Å². The van der Waals surface area contributed by atoms with Crippen LogP contribution in [0, 0.1) is 11.3 Å². The third kappa shape index (κ3) is 2.84. The van der Waals surface area contributed by atoms with Gasteiger partial charge >= 0.3 is 0 Å². The zero-order valence-corrected chi connectivity index (χ0v) is 9.32. The molecule has 0 aliphatic heterocycles. The molecule has 0 bridgehead atoms. The monoisotopic (exact) mass is 181 g/mol. The smallest absolute Gasteiger partial charge is 0.0162 e. The zero-order chi connectivity index (χ0) is 9.90. The predicted octanol–water partition coefficient (Wildman–Crippen LogP) is 2.98. The lowest BCUT2D eigenvalue weighted by molar-refractivity contribution is 0.342. The molecule has 0 aromatic rings. The summed E-state index contributed by atoms with van der Waals surface area (Å²) in [6.45, 7) is 13.0. The largest absolute Gasteiger partial charge is 0.312 e. The molecule has 1 aliphatic carbocycles. The van der Waals surface area contributed by atoms with E-state index in [0.29, 0.717) is 5.41 Å². The summed E-state index contributed by atoms with van der Waals surface area (Å²) in [5.74, 6) is 0.829. The predicted molar refractivity (Wildman–Crippen MR) is 58.8 cm³/mol. The second-order valence-corrected chi connectivity index (χ2v) is 4.72. The van der Waals surface area contributed by atoms with Crippen LogP contribution in [0.2, 0.25) is 0 Å². The van der Waals surface area contributed by atoms with Gasteiger partial charge in [-0.2, -0.15) is 0 Å². The highest BCUT2D eigenvalue weighted by Gasteiger charge is 2.44. The number of hydrogen-bond donors (Lipinski definition) is 1. The minimum Gasteiger partial charge on any atom is -0.312 e. The standard InChI is InChI=1S/C12H23N/c1-5-11(4)8-13-9-12(6-7-12)10(2)3/h10,13H,4-9H2,1-3H3. The second kappa shape index (κ2) is 4.28. The first-order valence-corrected chi connectivity index (χ1v) is 5.48. The third-order valence-electron chi connectivity index (χ3n) is 3.47. The molecule has 1 aliphatic rings. The second-order valence-electron chi connectivity index (χ2n) is 4.72. The molecule has 13 heavy (non-hydrogen) atoms. The molecule has 0 radical (unpaired) electrons. The highest BCUT2D eigenvalue weighted by molar-refractivity contribution is 5.00. The minimum atomic E-state index is 0.633. The summed E-state index contributed by atoms with van der Waals surface area (Å²) in [6, 6.07) is 0. The first kappa shape index (κ1) is 10.8. The maximum Gasteiger partial charge on any atom is 0.0162 e. The van der Waals surface area contributed by atoms with Crippen molar-refractivity contribution >= 4 is 0 Å². The van der Waals surface area contributed by atoms with Gasteiger partial charge in [-0.05, 0) is 30.6 Å². The maximum absolute atomic E-state index is 4.00. The summed E-state index contributed by atoms with van der Waals surface area (Å²) in [5.41, 5.74) is 1.95. The summed E-state index contributed by atoms with van der Waals surface area (Å²) in [7, 11) is 0. The fourth-order valence-corrected chi connectivity index (χ4v) is 1.73. The number of hydrogen-bond acceptors (Lipinski definition) is 1. The molecule has 0 aromatic heterocycles. The number of rotatable bonds is 6. The molecule has 1 heteroatoms. The first-order valence-electron chi connectivity index (χ1n) is 5.48. The van der Waals surface area contributed by atoms with Crippen LogP contribution in [0.1, 0.15) is 40.0 Å². The van der Waals surface area contributed by atoms with Crippen LogP contribution in [0.5, 0.6) is 0 Å². The molecule has 1 fully saturated rings. The molecule has 0 spiro atoms. The molecule has 0 amide bonds. The zero-order valence-electron chi connectivity index (χ0n) is 9.32. The van der Waals surface area contributed by atoms with Crippen molar-refractivity contribution in [3.63, 3.8) is 0 Å². The fraction of sp³-hybridized carbons (Fsp3) is 0.833. The average Bonchev–Trinajstić information content (AvgIpc) is 2.85. The van der Waals surface area contributed by atoms with E-state index in [4.69, 9.17) is 0 Å². The van der Waals surface area contributed by atoms with Crippen molar-refractivity contribution in [1.82, 2.24) is 5.32 Å². The van der Waals surface area contributed by atoms with Crippen molar-refractivity contribution in [3.05, 3.63) is 12.2 Å². The van der Waals surface area contributed by atoms with Gasteiger partial charge in [0.15, 0.2) is 0 Å². The Labute approximate surface area is 82.6 Å². The van der Waals surface area contributed by atoms with Crippen molar-refractivity contribution in [2.24, 2.45) is 11.3 Å². The van der Waals surface area contributed by atoms with E-state index in [1.54, 1.807) is 0 Å². The highest BCUT2D eigenvalue weighted by Crippen LogP contribution is 2.51. The van der Waals surface area contributed by atoms with Crippen LogP contribution in [0.4, 0.5) is 0 Å². The van der Waals surface area contributed by atoms with Crippen LogP contribution in [-0.4, -0.2) is 13.1 Å². The van der Waals surface area contributed by atoms with E-state index in [2.05, 4.69) is 32.7 Å². The average molecular weight is 181 g/mol. The molecule has 0 heterocycles. The SMILES string of the molecule is C=C(CC)CNCC1(C(C)C)CC1. The quantitative estimate of drug-likeness (QED) is 0.621. The lowest BCUT2D eigenvalue weighted by atomic mass is 9.92. The first-order chi connectivity index (χ1) is 6.10. The van der Waals surface area contributed by atoms with Crippen molar-refractivity contribution in [3.8, 4) is 0 Å². The molecular weight excluding hydrogens is 158 g/mol. The molecule has 76 valence electrons. The van der Waals surface area contributed by atoms with E-state index in [9.17, 15) is 0 Å². The molecule has 1 nitrogen and oxygen atoms in total. The Balaban J connectivity index is 2.16. The van der Waals surface area contributed by atoms with E-state index >= 15 is 0 Å². The summed E-state index contributed by atoms with van der Waals surface area (Å²) in [5, 5.41) is 3.52. The van der Waals surface area contributed by atoms with Gasteiger partial charge in [-0.1, -0.05) is 32.9 Å². The van der Waals surface area contributed by atoms with Crippen LogP contribution in [0.3, 0.4) is 0 Å². The Kier molecular flexibility index (Phi) is 3.55. The topological polar surface area (TPSA) is 12.0 Å². The molecule has 0 saturated heterocycles. The van der Waals surface area contributed by atoms with Crippen molar-refractivity contribution < 1.29 is 0 Å². The van der Waals surface area contributed by atoms with Crippen LogP contribution in [0.15, 0.2) is 12.2 Å². The molecule has 0 aromatic carbocycles.